The van der Waals surface area contributed by atoms with E-state index in [1.165, 1.54) is 36.0 Å². The highest BCUT2D eigenvalue weighted by molar-refractivity contribution is 5.41. The van der Waals surface area contributed by atoms with Crippen LogP contribution in [0.1, 0.15) is 65.0 Å². The highest BCUT2D eigenvalue weighted by atomic mass is 14.0. The van der Waals surface area contributed by atoms with Crippen molar-refractivity contribution in [2.24, 2.45) is 0 Å². The molecule has 0 aliphatic rings. The number of benzene rings is 1. The summed E-state index contributed by atoms with van der Waals surface area (Å²) in [5, 5.41) is 0. The molecule has 0 spiro atoms. The number of hydrogen-bond donors (Lipinski definition) is 0. The second kappa shape index (κ2) is 16.1. The molecule has 1 rings (SSSR count). The third kappa shape index (κ3) is 11.7. The average Bonchev–Trinajstić information content (AvgIpc) is 2.58. The largest absolute Gasteiger partial charge is 0.106 e. The van der Waals surface area contributed by atoms with E-state index in [9.17, 15) is 0 Å². The lowest BCUT2D eigenvalue weighted by atomic mass is 10.0. The van der Waals surface area contributed by atoms with Gasteiger partial charge in [-0.05, 0) is 49.8 Å². The smallest absolute Gasteiger partial charge is 0.0250 e. The van der Waals surface area contributed by atoms with Crippen molar-refractivity contribution in [2.75, 3.05) is 0 Å². The Labute approximate surface area is 151 Å². The first-order valence-corrected chi connectivity index (χ1v) is 9.05. The first-order valence-electron chi connectivity index (χ1n) is 9.05. The van der Waals surface area contributed by atoms with Gasteiger partial charge < -0.3 is 0 Å². The molecule has 0 fully saturated rings. The summed E-state index contributed by atoms with van der Waals surface area (Å²) in [6.07, 6.45) is 8.12. The van der Waals surface area contributed by atoms with Gasteiger partial charge in [0.25, 0.3) is 0 Å². The molecular weight excluding hydrogens is 288 g/mol. The first kappa shape index (κ1) is 24.4. The lowest BCUT2D eigenvalue weighted by molar-refractivity contribution is 0.920. The molecule has 0 amide bonds. The molecule has 0 nitrogen and oxygen atoms in total. The molecule has 1 aromatic rings. The fraction of sp³-hybridized carbons (Fsp3) is 0.417. The zero-order valence-electron chi connectivity index (χ0n) is 16.8. The quantitative estimate of drug-likeness (QED) is 0.353. The monoisotopic (exact) mass is 326 g/mol. The molecule has 0 aliphatic heterocycles. The Kier molecular flexibility index (Phi) is 16.3. The predicted octanol–water partition coefficient (Wildman–Crippen LogP) is 7.87. The number of aryl methyl sites for hydroxylation is 2. The van der Waals surface area contributed by atoms with Gasteiger partial charge in [0, 0.05) is 0 Å². The normalized spacial score (nSPS) is 8.88. The standard InChI is InChI=1S/C11H16.C11H18.C2H4/c1-3-5-11-8-6-10(4-2)7-9-11;1-6-7-8-11(9(2)3)10(4)5;1-2/h6-9H,3-5H2,1-2H3;8H,2,4,6-7H2,1,3,5H3;1-2H2. The van der Waals surface area contributed by atoms with Crippen LogP contribution in [-0.2, 0) is 12.8 Å². The van der Waals surface area contributed by atoms with Gasteiger partial charge in [0.05, 0.1) is 0 Å². The van der Waals surface area contributed by atoms with E-state index >= 15 is 0 Å². The van der Waals surface area contributed by atoms with Gasteiger partial charge in [0.1, 0.15) is 0 Å². The molecule has 24 heavy (non-hydrogen) atoms. The zero-order valence-corrected chi connectivity index (χ0v) is 16.8. The molecule has 0 heterocycles. The van der Waals surface area contributed by atoms with Gasteiger partial charge in [-0.1, -0.05) is 88.3 Å². The zero-order chi connectivity index (χ0) is 19.0. The third-order valence-corrected chi connectivity index (χ3v) is 3.53. The van der Waals surface area contributed by atoms with Crippen LogP contribution in [0.3, 0.4) is 0 Å². The van der Waals surface area contributed by atoms with E-state index in [0.29, 0.717) is 0 Å². The van der Waals surface area contributed by atoms with Crippen molar-refractivity contribution in [1.29, 1.82) is 0 Å². The second-order valence-corrected chi connectivity index (χ2v) is 5.89. The van der Waals surface area contributed by atoms with Crippen LogP contribution in [0.15, 0.2) is 73.4 Å². The van der Waals surface area contributed by atoms with Gasteiger partial charge in [-0.25, -0.2) is 0 Å². The topological polar surface area (TPSA) is 0 Å². The summed E-state index contributed by atoms with van der Waals surface area (Å²) in [6.45, 7) is 24.4. The maximum Gasteiger partial charge on any atom is -0.0250 e. The first-order chi connectivity index (χ1) is 11.5. The van der Waals surface area contributed by atoms with Gasteiger partial charge in [-0.2, -0.15) is 0 Å². The maximum atomic E-state index is 3.90. The van der Waals surface area contributed by atoms with Gasteiger partial charge in [0.2, 0.25) is 0 Å². The van der Waals surface area contributed by atoms with E-state index in [0.717, 1.165) is 24.0 Å². The van der Waals surface area contributed by atoms with E-state index in [2.05, 4.69) is 77.4 Å². The minimum atomic E-state index is 1.12. The molecule has 134 valence electrons. The highest BCUT2D eigenvalue weighted by Crippen LogP contribution is 2.16. The maximum absolute atomic E-state index is 3.90. The summed E-state index contributed by atoms with van der Waals surface area (Å²) in [5.74, 6) is 0. The van der Waals surface area contributed by atoms with Crippen molar-refractivity contribution in [3.63, 3.8) is 0 Å². The van der Waals surface area contributed by atoms with Crippen molar-refractivity contribution >= 4 is 0 Å². The van der Waals surface area contributed by atoms with E-state index in [1.807, 2.05) is 13.8 Å². The lowest BCUT2D eigenvalue weighted by Crippen LogP contribution is -1.85. The van der Waals surface area contributed by atoms with Crippen molar-refractivity contribution in [1.82, 2.24) is 0 Å². The van der Waals surface area contributed by atoms with Crippen molar-refractivity contribution in [2.45, 2.75) is 66.7 Å². The Balaban J connectivity index is 0. The van der Waals surface area contributed by atoms with Crippen LogP contribution in [0.25, 0.3) is 0 Å². The van der Waals surface area contributed by atoms with Gasteiger partial charge >= 0.3 is 0 Å². The molecule has 0 unspecified atom stereocenters. The molecule has 0 aliphatic carbocycles. The summed E-state index contributed by atoms with van der Waals surface area (Å²) < 4.78 is 0. The Morgan fingerprint density at radius 3 is 1.62 bits per heavy atom. The summed E-state index contributed by atoms with van der Waals surface area (Å²) in [4.78, 5) is 0. The number of hydrogen-bond acceptors (Lipinski definition) is 0. The summed E-state index contributed by atoms with van der Waals surface area (Å²) in [6, 6.07) is 8.93. The van der Waals surface area contributed by atoms with Gasteiger partial charge in [-0.3, -0.25) is 0 Å². The van der Waals surface area contributed by atoms with Crippen molar-refractivity contribution in [3.8, 4) is 0 Å². The van der Waals surface area contributed by atoms with Crippen LogP contribution in [-0.4, -0.2) is 0 Å². The summed E-state index contributed by atoms with van der Waals surface area (Å²) in [7, 11) is 0. The molecule has 0 N–H and O–H groups in total. The minimum absolute atomic E-state index is 1.12. The molecule has 1 aromatic carbocycles. The average molecular weight is 327 g/mol. The summed E-state index contributed by atoms with van der Waals surface area (Å²) in [5.41, 5.74) is 6.36. The Morgan fingerprint density at radius 2 is 1.29 bits per heavy atom. The minimum Gasteiger partial charge on any atom is -0.106 e. The van der Waals surface area contributed by atoms with Gasteiger partial charge in [0.15, 0.2) is 0 Å². The molecule has 0 radical (unpaired) electrons. The SMILES string of the molecule is C=C.C=C(C)C(=CCCC)C(=C)C.CCCc1ccc(CC)cc1. The van der Waals surface area contributed by atoms with E-state index in [-0.39, 0.29) is 0 Å². The van der Waals surface area contributed by atoms with Crippen LogP contribution >= 0.6 is 0 Å². The van der Waals surface area contributed by atoms with Crippen LogP contribution in [0.5, 0.6) is 0 Å². The molecule has 0 saturated heterocycles. The lowest BCUT2D eigenvalue weighted by Gasteiger charge is -2.04. The van der Waals surface area contributed by atoms with Crippen LogP contribution in [0, 0.1) is 0 Å². The van der Waals surface area contributed by atoms with Gasteiger partial charge in [-0.15, -0.1) is 13.2 Å². The van der Waals surface area contributed by atoms with E-state index < -0.39 is 0 Å². The molecule has 0 heteroatoms. The fourth-order valence-electron chi connectivity index (χ4n) is 2.23. The fourth-order valence-corrected chi connectivity index (χ4v) is 2.23. The number of unbranched alkanes of at least 4 members (excludes halogenated alkanes) is 1. The number of rotatable bonds is 7. The summed E-state index contributed by atoms with van der Waals surface area (Å²) >= 11 is 0. The molecule has 0 saturated carbocycles. The van der Waals surface area contributed by atoms with Crippen LogP contribution in [0.4, 0.5) is 0 Å². The van der Waals surface area contributed by atoms with Crippen molar-refractivity contribution in [3.05, 3.63) is 84.5 Å². The Morgan fingerprint density at radius 1 is 0.833 bits per heavy atom. The highest BCUT2D eigenvalue weighted by Gasteiger charge is 1.96. The number of allylic oxidation sites excluding steroid dienone is 4. The second-order valence-electron chi connectivity index (χ2n) is 5.89. The molecule has 0 aromatic heterocycles. The van der Waals surface area contributed by atoms with Crippen molar-refractivity contribution < 1.29 is 0 Å². The Hall–Kier alpha value is -1.82. The Bertz CT molecular complexity index is 469. The van der Waals surface area contributed by atoms with E-state index in [1.54, 1.807) is 0 Å². The molecule has 0 atom stereocenters. The molecular formula is C24H38. The van der Waals surface area contributed by atoms with E-state index in [4.69, 9.17) is 0 Å². The van der Waals surface area contributed by atoms with Crippen LogP contribution < -0.4 is 0 Å². The molecule has 0 bridgehead atoms. The third-order valence-electron chi connectivity index (χ3n) is 3.53. The van der Waals surface area contributed by atoms with Crippen LogP contribution in [0.2, 0.25) is 0 Å². The predicted molar refractivity (Wildman–Crippen MR) is 114 cm³/mol.